The molecule has 0 spiro atoms. The molecular formula is C20H12. The molecule has 0 bridgehead atoms. The lowest BCUT2D eigenvalue weighted by atomic mass is 9.93. The Labute approximate surface area is 133 Å². The molecule has 0 fully saturated rings. The summed E-state index contributed by atoms with van der Waals surface area (Å²) in [5.74, 6) is 0. The molecule has 1 aliphatic rings. The van der Waals surface area contributed by atoms with Gasteiger partial charge in [-0.05, 0) is 49.5 Å². The van der Waals surface area contributed by atoms with E-state index in [9.17, 15) is 0 Å². The first-order valence-corrected chi connectivity index (χ1v) is 6.00. The SMILES string of the molecule is [2H]C1=C([2H])c2c3c1c([2H])c([2H])c([2H])c3c([2H])c1c([2H])c([2H])c3c([2H])c([2H])c([2H])c([2H])c3c21. The third-order valence-corrected chi connectivity index (χ3v) is 3.44. The van der Waals surface area contributed by atoms with Crippen molar-refractivity contribution in [2.75, 3.05) is 0 Å². The fourth-order valence-corrected chi connectivity index (χ4v) is 2.59. The summed E-state index contributed by atoms with van der Waals surface area (Å²) in [6.07, 6.45) is 0. The number of hydrogen-bond donors (Lipinski definition) is 0. The van der Waals surface area contributed by atoms with Crippen molar-refractivity contribution in [3.8, 4) is 0 Å². The van der Waals surface area contributed by atoms with Crippen LogP contribution in [-0.4, -0.2) is 0 Å². The maximum absolute atomic E-state index is 8.73. The summed E-state index contributed by atoms with van der Waals surface area (Å²) in [4.78, 5) is 0. The highest BCUT2D eigenvalue weighted by Crippen LogP contribution is 2.39. The van der Waals surface area contributed by atoms with Gasteiger partial charge in [-0.2, -0.15) is 0 Å². The second-order valence-electron chi connectivity index (χ2n) is 4.50. The van der Waals surface area contributed by atoms with Gasteiger partial charge < -0.3 is 0 Å². The molecule has 0 saturated heterocycles. The molecule has 0 amide bonds. The van der Waals surface area contributed by atoms with Crippen LogP contribution in [0.15, 0.2) is 60.4 Å². The Morgan fingerprint density at radius 3 is 2.45 bits per heavy atom. The first-order chi connectivity index (χ1) is 14.9. The van der Waals surface area contributed by atoms with E-state index in [-0.39, 0.29) is 49.5 Å². The molecule has 0 unspecified atom stereocenters. The van der Waals surface area contributed by atoms with Crippen LogP contribution in [0.25, 0.3) is 44.4 Å². The Balaban J connectivity index is 2.31. The molecule has 4 aromatic rings. The van der Waals surface area contributed by atoms with Crippen LogP contribution in [0.2, 0.25) is 0 Å². The zero-order valence-corrected chi connectivity index (χ0v) is 10.0. The maximum atomic E-state index is 8.73. The number of benzene rings is 4. The van der Waals surface area contributed by atoms with Gasteiger partial charge in [0.25, 0.3) is 0 Å². The van der Waals surface area contributed by atoms with Gasteiger partial charge in [0.2, 0.25) is 0 Å². The number of fused-ring (bicyclic) bond motifs is 4. The van der Waals surface area contributed by atoms with Crippen molar-refractivity contribution in [1.29, 1.82) is 0 Å². The predicted octanol–water partition coefficient (Wildman–Crippen LogP) is 5.63. The topological polar surface area (TPSA) is 0 Å². The second kappa shape index (κ2) is 3.49. The lowest BCUT2D eigenvalue weighted by molar-refractivity contribution is 1.75. The predicted molar refractivity (Wildman–Crippen MR) is 87.9 cm³/mol. The quantitative estimate of drug-likeness (QED) is 0.285. The van der Waals surface area contributed by atoms with Crippen molar-refractivity contribution in [3.63, 3.8) is 0 Å². The van der Waals surface area contributed by atoms with Gasteiger partial charge in [0, 0.05) is 0 Å². The minimum absolute atomic E-state index is 0.0171. The molecule has 0 radical (unpaired) electrons. The first-order valence-electron chi connectivity index (χ1n) is 12.0. The molecule has 0 saturated carbocycles. The van der Waals surface area contributed by atoms with Crippen molar-refractivity contribution >= 4 is 44.4 Å². The second-order valence-corrected chi connectivity index (χ2v) is 4.50. The summed E-state index contributed by atoms with van der Waals surface area (Å²) in [7, 11) is 0. The van der Waals surface area contributed by atoms with E-state index in [1.54, 1.807) is 0 Å². The van der Waals surface area contributed by atoms with Crippen LogP contribution in [0, 0.1) is 0 Å². The van der Waals surface area contributed by atoms with Gasteiger partial charge in [0.05, 0.1) is 16.4 Å². The molecular weight excluding hydrogens is 240 g/mol. The summed E-state index contributed by atoms with van der Waals surface area (Å²) < 4.78 is 100.0. The van der Waals surface area contributed by atoms with Crippen molar-refractivity contribution in [2.24, 2.45) is 0 Å². The Hall–Kier alpha value is -2.60. The molecule has 0 heteroatoms. The van der Waals surface area contributed by atoms with Gasteiger partial charge in [0.1, 0.15) is 0 Å². The van der Waals surface area contributed by atoms with E-state index in [1.807, 2.05) is 0 Å². The monoisotopic (exact) mass is 264 g/mol. The van der Waals surface area contributed by atoms with Crippen LogP contribution in [0.5, 0.6) is 0 Å². The smallest absolute Gasteiger partial charge is 0.0616 e. The molecule has 0 atom stereocenters. The van der Waals surface area contributed by atoms with Crippen molar-refractivity contribution in [3.05, 3.63) is 71.6 Å². The molecule has 0 aliphatic heterocycles. The maximum Gasteiger partial charge on any atom is 0.0636 e. The number of rotatable bonds is 0. The molecule has 1 aliphatic carbocycles. The van der Waals surface area contributed by atoms with Crippen LogP contribution in [0.3, 0.4) is 0 Å². The highest BCUT2D eigenvalue weighted by Gasteiger charge is 2.14. The zero-order chi connectivity index (χ0) is 23.5. The van der Waals surface area contributed by atoms with Crippen molar-refractivity contribution < 1.29 is 16.4 Å². The van der Waals surface area contributed by atoms with Crippen LogP contribution in [0.1, 0.15) is 27.6 Å². The number of hydrogen-bond acceptors (Lipinski definition) is 0. The van der Waals surface area contributed by atoms with Crippen LogP contribution in [0.4, 0.5) is 0 Å². The van der Waals surface area contributed by atoms with E-state index in [2.05, 4.69) is 0 Å². The van der Waals surface area contributed by atoms with Crippen LogP contribution >= 0.6 is 0 Å². The molecule has 0 nitrogen and oxygen atoms in total. The Morgan fingerprint density at radius 2 is 1.45 bits per heavy atom. The normalized spacial score (nSPS) is 22.2. The minimum atomic E-state index is -0.581. The van der Waals surface area contributed by atoms with Crippen LogP contribution in [-0.2, 0) is 0 Å². The van der Waals surface area contributed by atoms with Crippen LogP contribution < -0.4 is 0 Å². The van der Waals surface area contributed by atoms with E-state index in [0.717, 1.165) is 0 Å². The van der Waals surface area contributed by atoms with Gasteiger partial charge >= 0.3 is 0 Å². The summed E-state index contributed by atoms with van der Waals surface area (Å²) in [5.41, 5.74) is -0.108. The van der Waals surface area contributed by atoms with E-state index >= 15 is 0 Å². The first kappa shape index (κ1) is 4.20. The summed E-state index contributed by atoms with van der Waals surface area (Å²) >= 11 is 0. The molecule has 92 valence electrons. The van der Waals surface area contributed by atoms with E-state index in [1.165, 1.54) is 0 Å². The molecule has 0 heterocycles. The third-order valence-electron chi connectivity index (χ3n) is 3.44. The third kappa shape index (κ3) is 1.16. The lowest BCUT2D eigenvalue weighted by Crippen LogP contribution is -1.84. The molecule has 0 N–H and O–H groups in total. The Kier molecular flexibility index (Phi) is 0.731. The fraction of sp³-hybridized carbons (Fsp3) is 0. The van der Waals surface area contributed by atoms with Crippen molar-refractivity contribution in [1.82, 2.24) is 0 Å². The van der Waals surface area contributed by atoms with Gasteiger partial charge in [-0.1, -0.05) is 66.5 Å². The molecule has 0 aromatic heterocycles. The molecule has 4 aromatic carbocycles. The van der Waals surface area contributed by atoms with E-state index < -0.39 is 66.5 Å². The highest BCUT2D eigenvalue weighted by atomic mass is 14.2. The lowest BCUT2D eigenvalue weighted by Gasteiger charge is -2.10. The van der Waals surface area contributed by atoms with Gasteiger partial charge in [-0.25, -0.2) is 0 Å². The summed E-state index contributed by atoms with van der Waals surface area (Å²) in [5, 5.41) is -0.680. The average Bonchev–Trinajstić information content (AvgIpc) is 3.01. The van der Waals surface area contributed by atoms with Gasteiger partial charge in [-0.3, -0.25) is 0 Å². The molecule has 20 heavy (non-hydrogen) atoms. The van der Waals surface area contributed by atoms with Gasteiger partial charge in [0.15, 0.2) is 0 Å². The standard InChI is InChI=1S/C20H12/c1-2-7-17-13(4-1)8-9-16-12-15-6-3-5-14-10-11-18(19(14)15)20(16)17/h1-12H/i1D,2D,3D,4D,5D,6D,7D,8D,9D,10D,11D,12D. The highest BCUT2D eigenvalue weighted by molar-refractivity contribution is 6.21. The molecule has 5 rings (SSSR count). The van der Waals surface area contributed by atoms with Crippen molar-refractivity contribution in [2.45, 2.75) is 0 Å². The zero-order valence-electron chi connectivity index (χ0n) is 22.0. The fourth-order valence-electron chi connectivity index (χ4n) is 2.59. The average molecular weight is 264 g/mol. The summed E-state index contributed by atoms with van der Waals surface area (Å²) in [6, 6.07) is -5.84. The summed E-state index contributed by atoms with van der Waals surface area (Å²) in [6.45, 7) is 0. The minimum Gasteiger partial charge on any atom is -0.0616 e. The largest absolute Gasteiger partial charge is 0.0636 e. The van der Waals surface area contributed by atoms with E-state index in [4.69, 9.17) is 16.4 Å². The van der Waals surface area contributed by atoms with Gasteiger partial charge in [-0.15, -0.1) is 0 Å². The Morgan fingerprint density at radius 1 is 0.650 bits per heavy atom. The Bertz CT molecular complexity index is 1630. The van der Waals surface area contributed by atoms with E-state index in [0.29, 0.717) is 0 Å².